The number of nitrogens with one attached hydrogen (secondary N) is 2. The van der Waals surface area contributed by atoms with Crippen LogP contribution in [0.4, 0.5) is 4.39 Å². The Labute approximate surface area is 95.1 Å². The van der Waals surface area contributed by atoms with Crippen molar-refractivity contribution in [3.05, 3.63) is 34.1 Å². The van der Waals surface area contributed by atoms with Crippen LogP contribution in [0, 0.1) is 11.7 Å². The summed E-state index contributed by atoms with van der Waals surface area (Å²) in [6, 6.07) is 4.73. The average molecular weight is 273 g/mol. The first-order valence-corrected chi connectivity index (χ1v) is 5.40. The number of hydrazine groups is 1. The molecule has 2 rings (SSSR count). The Bertz CT molecular complexity index is 386. The van der Waals surface area contributed by atoms with Crippen molar-refractivity contribution in [1.29, 1.82) is 0 Å². The van der Waals surface area contributed by atoms with Crippen molar-refractivity contribution >= 4 is 22.2 Å². The Hall–Kier alpha value is -0.780. The number of halogens is 2. The Morgan fingerprint density at radius 3 is 3.00 bits per heavy atom. The quantitative estimate of drug-likeness (QED) is 0.803. The second-order valence-corrected chi connectivity index (χ2v) is 4.33. The van der Waals surface area contributed by atoms with E-state index in [1.165, 1.54) is 6.07 Å². The van der Waals surface area contributed by atoms with Gasteiger partial charge in [0.25, 0.3) is 0 Å². The molecule has 0 amide bonds. The summed E-state index contributed by atoms with van der Waals surface area (Å²) < 4.78 is 13.7. The Morgan fingerprint density at radius 1 is 1.53 bits per heavy atom. The molecule has 0 aromatic heterocycles. The molecule has 1 saturated heterocycles. The largest absolute Gasteiger partial charge is 0.303 e. The smallest absolute Gasteiger partial charge is 0.137 e. The second kappa shape index (κ2) is 4.38. The van der Waals surface area contributed by atoms with Gasteiger partial charge in [0, 0.05) is 12.5 Å². The molecule has 1 heterocycles. The molecular formula is C10H10BrFN2O. The van der Waals surface area contributed by atoms with Crippen molar-refractivity contribution in [3.63, 3.8) is 0 Å². The molecular weight excluding hydrogens is 263 g/mol. The lowest BCUT2D eigenvalue weighted by atomic mass is 9.96. The van der Waals surface area contributed by atoms with E-state index >= 15 is 0 Å². The number of carbonyl (C=O) groups excluding carboxylic acids is 1. The molecule has 0 spiro atoms. The van der Waals surface area contributed by atoms with Crippen molar-refractivity contribution in [2.75, 3.05) is 6.54 Å². The predicted molar refractivity (Wildman–Crippen MR) is 57.5 cm³/mol. The van der Waals surface area contributed by atoms with E-state index in [1.807, 2.05) is 0 Å². The van der Waals surface area contributed by atoms with Gasteiger partial charge in [0.15, 0.2) is 0 Å². The van der Waals surface area contributed by atoms with Gasteiger partial charge < -0.3 is 4.79 Å². The third-order valence-corrected chi connectivity index (χ3v) is 3.14. The molecule has 0 aliphatic carbocycles. The van der Waals surface area contributed by atoms with Gasteiger partial charge in [0.2, 0.25) is 0 Å². The van der Waals surface area contributed by atoms with Crippen LogP contribution in [0.1, 0.15) is 11.6 Å². The minimum absolute atomic E-state index is 0.148. The lowest BCUT2D eigenvalue weighted by molar-refractivity contribution is -0.111. The first-order valence-electron chi connectivity index (χ1n) is 4.61. The summed E-state index contributed by atoms with van der Waals surface area (Å²) in [5, 5.41) is 0. The molecule has 15 heavy (non-hydrogen) atoms. The molecule has 80 valence electrons. The zero-order valence-corrected chi connectivity index (χ0v) is 9.42. The monoisotopic (exact) mass is 272 g/mol. The fourth-order valence-electron chi connectivity index (χ4n) is 1.67. The number of benzene rings is 1. The van der Waals surface area contributed by atoms with Crippen molar-refractivity contribution < 1.29 is 9.18 Å². The van der Waals surface area contributed by atoms with Gasteiger partial charge in [-0.1, -0.05) is 6.07 Å². The van der Waals surface area contributed by atoms with Crippen LogP contribution in [-0.2, 0) is 4.79 Å². The standard InChI is InChI=1S/C10H10BrFN2O/c11-8-2-1-6(3-9(8)12)10-7(5-15)4-13-14-10/h1-3,5,7,10,13-14H,4H2. The average Bonchev–Trinajstić information content (AvgIpc) is 2.70. The van der Waals surface area contributed by atoms with E-state index in [2.05, 4.69) is 26.8 Å². The second-order valence-electron chi connectivity index (χ2n) is 3.48. The third kappa shape index (κ3) is 2.09. The van der Waals surface area contributed by atoms with Crippen LogP contribution in [0.5, 0.6) is 0 Å². The molecule has 1 aliphatic heterocycles. The first kappa shape index (κ1) is 10.7. The maximum atomic E-state index is 13.3. The fraction of sp³-hybridized carbons (Fsp3) is 0.300. The third-order valence-electron chi connectivity index (χ3n) is 2.50. The van der Waals surface area contributed by atoms with Crippen LogP contribution in [0.25, 0.3) is 0 Å². The van der Waals surface area contributed by atoms with E-state index in [-0.39, 0.29) is 17.8 Å². The molecule has 0 radical (unpaired) electrons. The van der Waals surface area contributed by atoms with Crippen LogP contribution in [-0.4, -0.2) is 12.8 Å². The molecule has 1 aromatic rings. The molecule has 0 saturated carbocycles. The maximum Gasteiger partial charge on any atom is 0.137 e. The highest BCUT2D eigenvalue weighted by atomic mass is 79.9. The Balaban J connectivity index is 2.28. The van der Waals surface area contributed by atoms with Crippen LogP contribution >= 0.6 is 15.9 Å². The molecule has 3 nitrogen and oxygen atoms in total. The summed E-state index contributed by atoms with van der Waals surface area (Å²) in [5.74, 6) is -0.462. The van der Waals surface area contributed by atoms with Crippen molar-refractivity contribution in [1.82, 2.24) is 10.9 Å². The number of hydrogen-bond donors (Lipinski definition) is 2. The highest BCUT2D eigenvalue weighted by Gasteiger charge is 2.27. The Kier molecular flexibility index (Phi) is 3.14. The van der Waals surface area contributed by atoms with Gasteiger partial charge in [-0.25, -0.2) is 9.82 Å². The van der Waals surface area contributed by atoms with Crippen LogP contribution < -0.4 is 10.9 Å². The number of aldehydes is 1. The van der Waals surface area contributed by atoms with Crippen molar-refractivity contribution in [2.24, 2.45) is 5.92 Å². The SMILES string of the molecule is O=CC1CNNC1c1ccc(Br)c(F)c1. The maximum absolute atomic E-state index is 13.3. The molecule has 1 fully saturated rings. The number of carbonyl (C=O) groups is 1. The fourth-order valence-corrected chi connectivity index (χ4v) is 1.92. The van der Waals surface area contributed by atoms with Gasteiger partial charge in [-0.15, -0.1) is 0 Å². The summed E-state index contributed by atoms with van der Waals surface area (Å²) in [7, 11) is 0. The minimum Gasteiger partial charge on any atom is -0.303 e. The lowest BCUT2D eigenvalue weighted by Crippen LogP contribution is -2.25. The summed E-state index contributed by atoms with van der Waals surface area (Å²) in [6.45, 7) is 0.575. The summed E-state index contributed by atoms with van der Waals surface area (Å²) >= 11 is 3.09. The van der Waals surface area contributed by atoms with E-state index < -0.39 is 0 Å². The summed E-state index contributed by atoms with van der Waals surface area (Å²) in [5.41, 5.74) is 6.62. The van der Waals surface area contributed by atoms with E-state index in [4.69, 9.17) is 0 Å². The van der Waals surface area contributed by atoms with Crippen LogP contribution in [0.2, 0.25) is 0 Å². The highest BCUT2D eigenvalue weighted by molar-refractivity contribution is 9.10. The molecule has 1 aromatic carbocycles. The number of rotatable bonds is 2. The zero-order chi connectivity index (χ0) is 10.8. The first-order chi connectivity index (χ1) is 7.22. The van der Waals surface area contributed by atoms with Gasteiger partial charge in [0.05, 0.1) is 10.5 Å². The van der Waals surface area contributed by atoms with Gasteiger partial charge in [0.1, 0.15) is 12.1 Å². The van der Waals surface area contributed by atoms with Gasteiger partial charge in [-0.3, -0.25) is 5.43 Å². The Morgan fingerprint density at radius 2 is 2.33 bits per heavy atom. The molecule has 5 heteroatoms. The van der Waals surface area contributed by atoms with Crippen LogP contribution in [0.15, 0.2) is 22.7 Å². The number of hydrogen-bond acceptors (Lipinski definition) is 3. The molecule has 2 atom stereocenters. The highest BCUT2D eigenvalue weighted by Crippen LogP contribution is 2.26. The summed E-state index contributed by atoms with van der Waals surface area (Å²) in [4.78, 5) is 10.8. The van der Waals surface area contributed by atoms with Gasteiger partial charge in [-0.2, -0.15) is 0 Å². The molecule has 2 N–H and O–H groups in total. The zero-order valence-electron chi connectivity index (χ0n) is 7.84. The lowest BCUT2D eigenvalue weighted by Gasteiger charge is -2.14. The molecule has 0 bridgehead atoms. The topological polar surface area (TPSA) is 41.1 Å². The van der Waals surface area contributed by atoms with Crippen LogP contribution in [0.3, 0.4) is 0 Å². The predicted octanol–water partition coefficient (Wildman–Crippen LogP) is 1.55. The molecule has 1 aliphatic rings. The van der Waals surface area contributed by atoms with E-state index in [0.29, 0.717) is 11.0 Å². The van der Waals surface area contributed by atoms with Crippen molar-refractivity contribution in [3.8, 4) is 0 Å². The van der Waals surface area contributed by atoms with Gasteiger partial charge in [-0.05, 0) is 33.6 Å². The van der Waals surface area contributed by atoms with E-state index in [9.17, 15) is 9.18 Å². The minimum atomic E-state index is -0.314. The van der Waals surface area contributed by atoms with Crippen molar-refractivity contribution in [2.45, 2.75) is 6.04 Å². The van der Waals surface area contributed by atoms with E-state index in [0.717, 1.165) is 11.8 Å². The normalized spacial score (nSPS) is 25.5. The van der Waals surface area contributed by atoms with Gasteiger partial charge >= 0.3 is 0 Å². The summed E-state index contributed by atoms with van der Waals surface area (Å²) in [6.07, 6.45) is 0.887. The van der Waals surface area contributed by atoms with E-state index in [1.54, 1.807) is 12.1 Å². The molecule has 2 unspecified atom stereocenters.